The molecule has 1 aromatic heterocycles. The lowest BCUT2D eigenvalue weighted by Gasteiger charge is -2.30. The topological polar surface area (TPSA) is 92.5 Å². The van der Waals surface area contributed by atoms with Gasteiger partial charge in [0.15, 0.2) is 0 Å². The van der Waals surface area contributed by atoms with Crippen LogP contribution in [-0.2, 0) is 0 Å². The Bertz CT molecular complexity index is 432. The van der Waals surface area contributed by atoms with E-state index in [1.807, 2.05) is 13.8 Å². The zero-order valence-corrected chi connectivity index (χ0v) is 11.1. The van der Waals surface area contributed by atoms with Crippen LogP contribution in [-0.4, -0.2) is 28.1 Å². The van der Waals surface area contributed by atoms with E-state index < -0.39 is 10.5 Å². The fourth-order valence-corrected chi connectivity index (χ4v) is 2.26. The molecule has 1 aromatic rings. The first kappa shape index (κ1) is 14.6. The van der Waals surface area contributed by atoms with E-state index in [-0.39, 0.29) is 22.4 Å². The van der Waals surface area contributed by atoms with Crippen molar-refractivity contribution in [2.45, 2.75) is 32.2 Å². The minimum absolute atomic E-state index is 0.0669. The Balaban J connectivity index is 2.84. The van der Waals surface area contributed by atoms with Gasteiger partial charge >= 0.3 is 5.00 Å². The lowest BCUT2D eigenvalue weighted by Crippen LogP contribution is -2.50. The summed E-state index contributed by atoms with van der Waals surface area (Å²) in [5.41, 5.74) is -0.657. The molecule has 6 nitrogen and oxygen atoms in total. The third kappa shape index (κ3) is 3.05. The maximum Gasteiger partial charge on any atom is 0.324 e. The number of nitrogens with zero attached hydrogens (tertiary/aromatic N) is 1. The molecule has 0 unspecified atom stereocenters. The Labute approximate surface area is 109 Å². The van der Waals surface area contributed by atoms with Crippen LogP contribution in [0.5, 0.6) is 0 Å². The Kier molecular flexibility index (Phi) is 4.80. The molecule has 0 aliphatic carbocycles. The monoisotopic (exact) mass is 272 g/mol. The molecule has 0 saturated heterocycles. The summed E-state index contributed by atoms with van der Waals surface area (Å²) in [5, 5.41) is 22.6. The number of nitro groups is 1. The van der Waals surface area contributed by atoms with Crippen LogP contribution in [0.25, 0.3) is 0 Å². The summed E-state index contributed by atoms with van der Waals surface area (Å²) in [6.45, 7) is 3.59. The first-order chi connectivity index (χ1) is 8.48. The van der Waals surface area contributed by atoms with Gasteiger partial charge in [-0.05, 0) is 18.9 Å². The normalized spacial score (nSPS) is 11.3. The van der Waals surface area contributed by atoms with E-state index in [4.69, 9.17) is 0 Å². The van der Waals surface area contributed by atoms with Gasteiger partial charge in [-0.3, -0.25) is 14.9 Å². The van der Waals surface area contributed by atoms with Crippen LogP contribution in [0.15, 0.2) is 12.1 Å². The minimum atomic E-state index is -0.657. The molecule has 0 atom stereocenters. The second-order valence-corrected chi connectivity index (χ2v) is 5.06. The molecule has 1 heterocycles. The minimum Gasteiger partial charge on any atom is -0.394 e. The average molecular weight is 272 g/mol. The number of rotatable bonds is 6. The number of hydrogen-bond donors (Lipinski definition) is 2. The van der Waals surface area contributed by atoms with Gasteiger partial charge in [0.25, 0.3) is 5.91 Å². The van der Waals surface area contributed by atoms with Crippen LogP contribution in [0.1, 0.15) is 36.4 Å². The van der Waals surface area contributed by atoms with Crippen LogP contribution in [0, 0.1) is 10.1 Å². The Hall–Kier alpha value is -1.47. The fourth-order valence-electron chi connectivity index (χ4n) is 1.54. The molecule has 1 amide bonds. The summed E-state index contributed by atoms with van der Waals surface area (Å²) >= 11 is 0.828. The molecule has 0 spiro atoms. The summed E-state index contributed by atoms with van der Waals surface area (Å²) in [7, 11) is 0. The number of aliphatic hydroxyl groups is 1. The van der Waals surface area contributed by atoms with Crippen molar-refractivity contribution in [2.24, 2.45) is 0 Å². The van der Waals surface area contributed by atoms with Gasteiger partial charge in [0.2, 0.25) is 0 Å². The summed E-state index contributed by atoms with van der Waals surface area (Å²) in [6.07, 6.45) is 1.19. The van der Waals surface area contributed by atoms with Crippen molar-refractivity contribution in [1.82, 2.24) is 5.32 Å². The van der Waals surface area contributed by atoms with E-state index in [9.17, 15) is 20.0 Å². The van der Waals surface area contributed by atoms with E-state index in [1.54, 1.807) is 0 Å². The summed E-state index contributed by atoms with van der Waals surface area (Å²) < 4.78 is 0. The van der Waals surface area contributed by atoms with Gasteiger partial charge in [-0.1, -0.05) is 25.2 Å². The molecular weight excluding hydrogens is 256 g/mol. The summed E-state index contributed by atoms with van der Waals surface area (Å²) in [6, 6.07) is 2.73. The fraction of sp³-hybridized carbons (Fsp3) is 0.545. The van der Waals surface area contributed by atoms with Gasteiger partial charge in [-0.25, -0.2) is 0 Å². The van der Waals surface area contributed by atoms with Gasteiger partial charge in [0.1, 0.15) is 0 Å². The SMILES string of the molecule is CCC(CC)(CO)NC(=O)c1ccc([N+](=O)[O-])s1. The highest BCUT2D eigenvalue weighted by molar-refractivity contribution is 7.17. The first-order valence-electron chi connectivity index (χ1n) is 5.65. The van der Waals surface area contributed by atoms with Crippen molar-refractivity contribution in [3.05, 3.63) is 27.1 Å². The molecule has 0 bridgehead atoms. The molecule has 2 N–H and O–H groups in total. The molecule has 0 aromatic carbocycles. The van der Waals surface area contributed by atoms with Gasteiger partial charge in [0.05, 0.1) is 21.9 Å². The maximum atomic E-state index is 11.9. The molecule has 0 radical (unpaired) electrons. The van der Waals surface area contributed by atoms with Crippen molar-refractivity contribution in [1.29, 1.82) is 0 Å². The van der Waals surface area contributed by atoms with Crippen LogP contribution in [0.3, 0.4) is 0 Å². The van der Waals surface area contributed by atoms with Crippen LogP contribution >= 0.6 is 11.3 Å². The highest BCUT2D eigenvalue weighted by Gasteiger charge is 2.28. The lowest BCUT2D eigenvalue weighted by molar-refractivity contribution is -0.380. The highest BCUT2D eigenvalue weighted by Crippen LogP contribution is 2.25. The van der Waals surface area contributed by atoms with Crippen LogP contribution in [0.2, 0.25) is 0 Å². The van der Waals surface area contributed by atoms with Crippen molar-refractivity contribution < 1.29 is 14.8 Å². The standard InChI is InChI=1S/C11H16N2O4S/c1-3-11(4-2,7-14)12-10(15)8-5-6-9(18-8)13(16)17/h5-6,14H,3-4,7H2,1-2H3,(H,12,15). The maximum absolute atomic E-state index is 11.9. The largest absolute Gasteiger partial charge is 0.394 e. The number of thiophene rings is 1. The molecule has 18 heavy (non-hydrogen) atoms. The number of amides is 1. The molecule has 7 heteroatoms. The predicted molar refractivity (Wildman–Crippen MR) is 68.8 cm³/mol. The summed E-state index contributed by atoms with van der Waals surface area (Å²) in [5.74, 6) is -0.383. The molecule has 100 valence electrons. The summed E-state index contributed by atoms with van der Waals surface area (Å²) in [4.78, 5) is 22.2. The number of carbonyl (C=O) groups is 1. The van der Waals surface area contributed by atoms with E-state index in [1.165, 1.54) is 12.1 Å². The smallest absolute Gasteiger partial charge is 0.324 e. The quantitative estimate of drug-likeness (QED) is 0.611. The number of nitrogens with one attached hydrogen (secondary N) is 1. The average Bonchev–Trinajstić information content (AvgIpc) is 2.86. The van der Waals surface area contributed by atoms with E-state index in [0.29, 0.717) is 12.8 Å². The van der Waals surface area contributed by atoms with E-state index in [2.05, 4.69) is 5.32 Å². The number of aliphatic hydroxyl groups excluding tert-OH is 1. The predicted octanol–water partition coefficient (Wildman–Crippen LogP) is 1.94. The Morgan fingerprint density at radius 2 is 2.11 bits per heavy atom. The van der Waals surface area contributed by atoms with Crippen LogP contribution < -0.4 is 5.32 Å². The van der Waals surface area contributed by atoms with Crippen LogP contribution in [0.4, 0.5) is 5.00 Å². The lowest BCUT2D eigenvalue weighted by atomic mass is 9.94. The van der Waals surface area contributed by atoms with Crippen molar-refractivity contribution in [3.63, 3.8) is 0 Å². The van der Waals surface area contributed by atoms with E-state index in [0.717, 1.165) is 11.3 Å². The molecule has 0 saturated carbocycles. The molecule has 0 aliphatic rings. The Morgan fingerprint density at radius 1 is 1.50 bits per heavy atom. The second-order valence-electron chi connectivity index (χ2n) is 3.99. The zero-order chi connectivity index (χ0) is 13.8. The zero-order valence-electron chi connectivity index (χ0n) is 10.3. The van der Waals surface area contributed by atoms with Crippen molar-refractivity contribution in [3.8, 4) is 0 Å². The molecule has 0 aliphatic heterocycles. The van der Waals surface area contributed by atoms with Gasteiger partial charge < -0.3 is 10.4 Å². The highest BCUT2D eigenvalue weighted by atomic mass is 32.1. The number of hydrogen-bond acceptors (Lipinski definition) is 5. The Morgan fingerprint density at radius 3 is 2.50 bits per heavy atom. The van der Waals surface area contributed by atoms with Crippen molar-refractivity contribution in [2.75, 3.05) is 6.61 Å². The molecular formula is C11H16N2O4S. The van der Waals surface area contributed by atoms with Crippen molar-refractivity contribution >= 4 is 22.2 Å². The number of carbonyl (C=O) groups excluding carboxylic acids is 1. The van der Waals surface area contributed by atoms with Gasteiger partial charge in [-0.2, -0.15) is 0 Å². The van der Waals surface area contributed by atoms with Gasteiger partial charge in [-0.15, -0.1) is 0 Å². The first-order valence-corrected chi connectivity index (χ1v) is 6.47. The third-order valence-electron chi connectivity index (χ3n) is 3.03. The second kappa shape index (κ2) is 5.92. The van der Waals surface area contributed by atoms with E-state index >= 15 is 0 Å². The molecule has 0 fully saturated rings. The van der Waals surface area contributed by atoms with Gasteiger partial charge in [0, 0.05) is 6.07 Å². The third-order valence-corrected chi connectivity index (χ3v) is 4.07. The molecule has 1 rings (SSSR count).